The first-order valence-corrected chi connectivity index (χ1v) is 5.02. The zero-order valence-corrected chi connectivity index (χ0v) is 9.15. The van der Waals surface area contributed by atoms with Crippen molar-refractivity contribution in [3.63, 3.8) is 0 Å². The van der Waals surface area contributed by atoms with Gasteiger partial charge >= 0.3 is 0 Å². The molecule has 0 saturated heterocycles. The highest BCUT2D eigenvalue weighted by molar-refractivity contribution is 5.98. The molecule has 1 N–H and O–H groups in total. The van der Waals surface area contributed by atoms with Gasteiger partial charge in [0.05, 0.1) is 17.2 Å². The number of amides is 1. The lowest BCUT2D eigenvalue weighted by atomic mass is 9.87. The summed E-state index contributed by atoms with van der Waals surface area (Å²) in [7, 11) is 0. The number of fused-ring (bicyclic) bond motifs is 1. The molecule has 1 aromatic rings. The Kier molecular flexibility index (Phi) is 2.31. The third kappa shape index (κ3) is 1.61. The summed E-state index contributed by atoms with van der Waals surface area (Å²) in [5, 5.41) is 11.7. The van der Waals surface area contributed by atoms with Crippen LogP contribution in [0.4, 0.5) is 5.69 Å². The van der Waals surface area contributed by atoms with Crippen molar-refractivity contribution in [2.45, 2.75) is 20.0 Å². The van der Waals surface area contributed by atoms with Gasteiger partial charge in [0, 0.05) is 0 Å². The number of benzene rings is 1. The van der Waals surface area contributed by atoms with Gasteiger partial charge in [-0.05, 0) is 26.0 Å². The Morgan fingerprint density at radius 2 is 2.12 bits per heavy atom. The normalized spacial score (nSPS) is 19.1. The molecule has 0 spiro atoms. The summed E-state index contributed by atoms with van der Waals surface area (Å²) in [6.07, 6.45) is -0.771. The SMILES string of the molecule is CC(C)(C#N)C1Oc2ccccc2NC1=O. The van der Waals surface area contributed by atoms with Crippen molar-refractivity contribution in [1.29, 1.82) is 5.26 Å². The highest BCUT2D eigenvalue weighted by Crippen LogP contribution is 2.34. The minimum absolute atomic E-state index is 0.273. The van der Waals surface area contributed by atoms with Gasteiger partial charge in [0.15, 0.2) is 6.10 Å². The second-order valence-electron chi connectivity index (χ2n) is 4.32. The molecule has 0 aliphatic carbocycles. The Morgan fingerprint density at radius 1 is 1.44 bits per heavy atom. The lowest BCUT2D eigenvalue weighted by molar-refractivity contribution is -0.127. The molecule has 16 heavy (non-hydrogen) atoms. The molecule has 0 radical (unpaired) electrons. The summed E-state index contributed by atoms with van der Waals surface area (Å²) in [6.45, 7) is 3.37. The molecule has 0 bridgehead atoms. The largest absolute Gasteiger partial charge is 0.477 e. The van der Waals surface area contributed by atoms with Crippen LogP contribution in [-0.4, -0.2) is 12.0 Å². The maximum atomic E-state index is 11.8. The van der Waals surface area contributed by atoms with Gasteiger partial charge in [0.1, 0.15) is 5.75 Å². The molecule has 1 atom stereocenters. The van der Waals surface area contributed by atoms with Gasteiger partial charge in [-0.15, -0.1) is 0 Å². The van der Waals surface area contributed by atoms with Crippen LogP contribution in [0.3, 0.4) is 0 Å². The van der Waals surface area contributed by atoms with E-state index in [1.807, 2.05) is 12.1 Å². The Balaban J connectivity index is 2.36. The number of ether oxygens (including phenoxy) is 1. The molecule has 2 rings (SSSR count). The molecule has 1 heterocycles. The molecule has 4 nitrogen and oxygen atoms in total. The molecule has 1 aliphatic heterocycles. The number of nitrogens with zero attached hydrogens (tertiary/aromatic N) is 1. The molecule has 0 saturated carbocycles. The molecular weight excluding hydrogens is 204 g/mol. The van der Waals surface area contributed by atoms with E-state index in [1.54, 1.807) is 26.0 Å². The van der Waals surface area contributed by atoms with Crippen LogP contribution in [0.25, 0.3) is 0 Å². The molecule has 82 valence electrons. The monoisotopic (exact) mass is 216 g/mol. The van der Waals surface area contributed by atoms with Crippen LogP contribution < -0.4 is 10.1 Å². The Labute approximate surface area is 93.8 Å². The molecule has 1 aliphatic rings. The van der Waals surface area contributed by atoms with Crippen LogP contribution in [0.5, 0.6) is 5.75 Å². The smallest absolute Gasteiger partial charge is 0.267 e. The quantitative estimate of drug-likeness (QED) is 0.780. The molecule has 0 fully saturated rings. The van der Waals surface area contributed by atoms with Gasteiger partial charge in [-0.2, -0.15) is 5.26 Å². The highest BCUT2D eigenvalue weighted by Gasteiger charge is 2.40. The topological polar surface area (TPSA) is 62.1 Å². The van der Waals surface area contributed by atoms with Gasteiger partial charge in [-0.25, -0.2) is 0 Å². The number of rotatable bonds is 1. The lowest BCUT2D eigenvalue weighted by Crippen LogP contribution is -2.46. The van der Waals surface area contributed by atoms with E-state index in [2.05, 4.69) is 11.4 Å². The zero-order chi connectivity index (χ0) is 11.8. The van der Waals surface area contributed by atoms with Gasteiger partial charge in [-0.3, -0.25) is 4.79 Å². The number of carbonyl (C=O) groups is 1. The van der Waals surface area contributed by atoms with E-state index in [9.17, 15) is 4.79 Å². The van der Waals surface area contributed by atoms with Gasteiger partial charge in [0.25, 0.3) is 5.91 Å². The predicted octanol–water partition coefficient (Wildman–Crippen LogP) is 1.94. The second-order valence-corrected chi connectivity index (χ2v) is 4.32. The van der Waals surface area contributed by atoms with E-state index in [1.165, 1.54) is 0 Å². The number of nitriles is 1. The summed E-state index contributed by atoms with van der Waals surface area (Å²) < 4.78 is 5.57. The number of nitrogens with one attached hydrogen (secondary N) is 1. The van der Waals surface area contributed by atoms with Crippen LogP contribution in [-0.2, 0) is 4.79 Å². The van der Waals surface area contributed by atoms with Crippen molar-refractivity contribution < 1.29 is 9.53 Å². The van der Waals surface area contributed by atoms with Gasteiger partial charge < -0.3 is 10.1 Å². The number of para-hydroxylation sites is 2. The summed E-state index contributed by atoms with van der Waals surface area (Å²) >= 11 is 0. The average molecular weight is 216 g/mol. The summed E-state index contributed by atoms with van der Waals surface area (Å²) in [6, 6.07) is 9.27. The van der Waals surface area contributed by atoms with Crippen molar-refractivity contribution in [2.24, 2.45) is 5.41 Å². The average Bonchev–Trinajstić information content (AvgIpc) is 2.28. The van der Waals surface area contributed by atoms with Crippen LogP contribution in [0.2, 0.25) is 0 Å². The first-order valence-electron chi connectivity index (χ1n) is 5.02. The Hall–Kier alpha value is -2.02. The first kappa shape index (κ1) is 10.5. The fourth-order valence-electron chi connectivity index (χ4n) is 1.59. The predicted molar refractivity (Wildman–Crippen MR) is 58.9 cm³/mol. The number of anilines is 1. The minimum Gasteiger partial charge on any atom is -0.477 e. The van der Waals surface area contributed by atoms with E-state index in [0.29, 0.717) is 11.4 Å². The molecule has 0 aromatic heterocycles. The fraction of sp³-hybridized carbons (Fsp3) is 0.333. The van der Waals surface area contributed by atoms with Crippen LogP contribution in [0, 0.1) is 16.7 Å². The third-order valence-corrected chi connectivity index (χ3v) is 2.57. The molecule has 4 heteroatoms. The van der Waals surface area contributed by atoms with Gasteiger partial charge in [0.2, 0.25) is 0 Å². The van der Waals surface area contributed by atoms with Crippen molar-refractivity contribution in [1.82, 2.24) is 0 Å². The minimum atomic E-state index is -0.850. The van der Waals surface area contributed by atoms with Crippen molar-refractivity contribution in [3.8, 4) is 11.8 Å². The van der Waals surface area contributed by atoms with E-state index >= 15 is 0 Å². The zero-order valence-electron chi connectivity index (χ0n) is 9.15. The Morgan fingerprint density at radius 3 is 2.81 bits per heavy atom. The van der Waals surface area contributed by atoms with Crippen molar-refractivity contribution in [2.75, 3.05) is 5.32 Å². The summed E-state index contributed by atoms with van der Waals surface area (Å²) in [4.78, 5) is 11.8. The summed E-state index contributed by atoms with van der Waals surface area (Å²) in [5.74, 6) is 0.334. The van der Waals surface area contributed by atoms with E-state index < -0.39 is 11.5 Å². The molecular formula is C12H12N2O2. The maximum Gasteiger partial charge on any atom is 0.267 e. The van der Waals surface area contributed by atoms with E-state index in [0.717, 1.165) is 0 Å². The molecule has 1 unspecified atom stereocenters. The first-order chi connectivity index (χ1) is 7.54. The highest BCUT2D eigenvalue weighted by atomic mass is 16.5. The fourth-order valence-corrected chi connectivity index (χ4v) is 1.59. The van der Waals surface area contributed by atoms with Crippen LogP contribution in [0.15, 0.2) is 24.3 Å². The molecule has 1 amide bonds. The van der Waals surface area contributed by atoms with E-state index in [-0.39, 0.29) is 5.91 Å². The van der Waals surface area contributed by atoms with Crippen molar-refractivity contribution in [3.05, 3.63) is 24.3 Å². The lowest BCUT2D eigenvalue weighted by Gasteiger charge is -2.32. The number of carbonyl (C=O) groups excluding carboxylic acids is 1. The van der Waals surface area contributed by atoms with E-state index in [4.69, 9.17) is 10.00 Å². The van der Waals surface area contributed by atoms with Gasteiger partial charge in [-0.1, -0.05) is 12.1 Å². The second kappa shape index (κ2) is 3.53. The maximum absolute atomic E-state index is 11.8. The summed E-state index contributed by atoms with van der Waals surface area (Å²) in [5.41, 5.74) is -0.199. The standard InChI is InChI=1S/C12H12N2O2/c1-12(2,7-13)10-11(15)14-8-5-3-4-6-9(8)16-10/h3-6,10H,1-2H3,(H,14,15). The van der Waals surface area contributed by atoms with Crippen LogP contribution in [0.1, 0.15) is 13.8 Å². The number of hydrogen-bond acceptors (Lipinski definition) is 3. The number of hydrogen-bond donors (Lipinski definition) is 1. The Bertz CT molecular complexity index is 474. The van der Waals surface area contributed by atoms with Crippen molar-refractivity contribution >= 4 is 11.6 Å². The third-order valence-electron chi connectivity index (χ3n) is 2.57. The molecule has 1 aromatic carbocycles. The van der Waals surface area contributed by atoms with Crippen LogP contribution >= 0.6 is 0 Å².